The van der Waals surface area contributed by atoms with Crippen LogP contribution in [0.15, 0.2) is 12.2 Å². The Labute approximate surface area is 126 Å². The smallest absolute Gasteiger partial charge is 0.163 e. The van der Waals surface area contributed by atoms with Gasteiger partial charge in [-0.2, -0.15) is 0 Å². The highest BCUT2D eigenvalue weighted by Crippen LogP contribution is 2.66. The summed E-state index contributed by atoms with van der Waals surface area (Å²) in [6.07, 6.45) is 3.28. The second-order valence-corrected chi connectivity index (χ2v) is 8.64. The van der Waals surface area contributed by atoms with E-state index in [1.165, 1.54) is 0 Å². The minimum absolute atomic E-state index is 0.0213. The fraction of sp³-hybridized carbons (Fsp3) is 0.882. The van der Waals surface area contributed by atoms with E-state index in [2.05, 4.69) is 19.1 Å². The Balaban J connectivity index is 1.83. The van der Waals surface area contributed by atoms with E-state index in [9.17, 15) is 10.2 Å². The summed E-state index contributed by atoms with van der Waals surface area (Å²) in [7, 11) is 0. The lowest BCUT2D eigenvalue weighted by molar-refractivity contribution is -0.157. The fourth-order valence-corrected chi connectivity index (χ4v) is 5.47. The lowest BCUT2D eigenvalue weighted by Crippen LogP contribution is -2.60. The van der Waals surface area contributed by atoms with Crippen molar-refractivity contribution in [2.75, 3.05) is 0 Å². The van der Waals surface area contributed by atoms with Crippen molar-refractivity contribution in [1.29, 1.82) is 0 Å². The molecule has 0 unspecified atom stereocenters. The maximum Gasteiger partial charge on any atom is 0.163 e. The van der Waals surface area contributed by atoms with Gasteiger partial charge >= 0.3 is 0 Å². The molecule has 0 amide bonds. The van der Waals surface area contributed by atoms with Crippen LogP contribution in [-0.4, -0.2) is 40.4 Å². The Hall–Kier alpha value is -0.420. The lowest BCUT2D eigenvalue weighted by atomic mass is 9.52. The Morgan fingerprint density at radius 3 is 2.29 bits per heavy atom. The summed E-state index contributed by atoms with van der Waals surface area (Å²) in [5.41, 5.74) is -0.777. The van der Waals surface area contributed by atoms with Gasteiger partial charge in [0.1, 0.15) is 0 Å². The van der Waals surface area contributed by atoms with E-state index in [-0.39, 0.29) is 35.4 Å². The summed E-state index contributed by atoms with van der Waals surface area (Å²) < 4.78 is 12.3. The summed E-state index contributed by atoms with van der Waals surface area (Å²) in [6.45, 7) is 9.97. The molecule has 2 saturated carbocycles. The summed E-state index contributed by atoms with van der Waals surface area (Å²) in [5, 5.41) is 21.7. The quantitative estimate of drug-likeness (QED) is 0.668. The summed E-state index contributed by atoms with van der Waals surface area (Å²) in [6, 6.07) is 0. The SMILES string of the molecule is CC1(C)O[C@H]2[C@@H]3C=C[C@@](C)([C@@H]4[C@H]3[C@H](O)C(C)(C)[C@@H]4O)[C@H]2O1. The maximum atomic E-state index is 10.9. The Morgan fingerprint density at radius 1 is 0.952 bits per heavy atom. The van der Waals surface area contributed by atoms with Crippen LogP contribution in [0.1, 0.15) is 34.6 Å². The number of rotatable bonds is 0. The zero-order valence-electron chi connectivity index (χ0n) is 13.4. The predicted octanol–water partition coefficient (Wildman–Crippen LogP) is 1.71. The highest BCUT2D eigenvalue weighted by atomic mass is 16.8. The minimum atomic E-state index is -0.592. The largest absolute Gasteiger partial charge is 0.392 e. The average Bonchev–Trinajstić information content (AvgIpc) is 2.80. The molecule has 1 aliphatic heterocycles. The van der Waals surface area contributed by atoms with Gasteiger partial charge in [-0.05, 0) is 13.8 Å². The van der Waals surface area contributed by atoms with Crippen molar-refractivity contribution in [1.82, 2.24) is 0 Å². The van der Waals surface area contributed by atoms with Crippen molar-refractivity contribution in [3.8, 4) is 0 Å². The van der Waals surface area contributed by atoms with E-state index in [1.54, 1.807) is 0 Å². The molecule has 0 aromatic rings. The highest BCUT2D eigenvalue weighted by molar-refractivity contribution is 5.29. The van der Waals surface area contributed by atoms with E-state index in [0.29, 0.717) is 0 Å². The lowest BCUT2D eigenvalue weighted by Gasteiger charge is -2.55. The molecule has 2 bridgehead atoms. The van der Waals surface area contributed by atoms with Crippen LogP contribution < -0.4 is 0 Å². The molecule has 0 spiro atoms. The molecule has 5 aliphatic rings. The van der Waals surface area contributed by atoms with Crippen molar-refractivity contribution >= 4 is 0 Å². The molecule has 0 aromatic heterocycles. The first-order chi connectivity index (χ1) is 9.59. The number of aliphatic hydroxyl groups excluding tert-OH is 2. The van der Waals surface area contributed by atoms with Crippen LogP contribution in [-0.2, 0) is 9.47 Å². The average molecular weight is 294 g/mol. The van der Waals surface area contributed by atoms with E-state index < -0.39 is 23.4 Å². The van der Waals surface area contributed by atoms with Crippen LogP contribution in [0.5, 0.6) is 0 Å². The molecular formula is C17H26O4. The van der Waals surface area contributed by atoms with E-state index in [1.807, 2.05) is 27.7 Å². The van der Waals surface area contributed by atoms with Gasteiger partial charge in [-0.15, -0.1) is 0 Å². The highest BCUT2D eigenvalue weighted by Gasteiger charge is 2.71. The molecule has 0 aromatic carbocycles. The summed E-state index contributed by atoms with van der Waals surface area (Å²) in [5.74, 6) is -0.403. The topological polar surface area (TPSA) is 58.9 Å². The van der Waals surface area contributed by atoms with Crippen molar-refractivity contribution in [3.05, 3.63) is 12.2 Å². The van der Waals surface area contributed by atoms with Crippen molar-refractivity contribution < 1.29 is 19.7 Å². The Bertz CT molecular complexity index is 511. The third-order valence-corrected chi connectivity index (χ3v) is 6.61. The maximum absolute atomic E-state index is 10.9. The third kappa shape index (κ3) is 1.50. The van der Waals surface area contributed by atoms with Gasteiger partial charge in [0, 0.05) is 28.6 Å². The number of ether oxygens (including phenoxy) is 2. The van der Waals surface area contributed by atoms with Crippen LogP contribution in [0.3, 0.4) is 0 Å². The molecular weight excluding hydrogens is 268 g/mol. The number of hydrogen-bond acceptors (Lipinski definition) is 4. The summed E-state index contributed by atoms with van der Waals surface area (Å²) >= 11 is 0. The molecule has 5 rings (SSSR count). The van der Waals surface area contributed by atoms with Crippen LogP contribution in [0.4, 0.5) is 0 Å². The van der Waals surface area contributed by atoms with Gasteiger partial charge in [-0.3, -0.25) is 0 Å². The van der Waals surface area contributed by atoms with Crippen molar-refractivity contribution in [3.63, 3.8) is 0 Å². The first-order valence-electron chi connectivity index (χ1n) is 8.01. The molecule has 1 heterocycles. The van der Waals surface area contributed by atoms with Crippen LogP contribution >= 0.6 is 0 Å². The molecule has 1 saturated heterocycles. The van der Waals surface area contributed by atoms with Crippen molar-refractivity contribution in [2.45, 2.75) is 64.8 Å². The molecule has 0 radical (unpaired) electrons. The molecule has 8 atom stereocenters. The fourth-order valence-electron chi connectivity index (χ4n) is 5.47. The standard InChI is InChI=1S/C17H26O4/c1-15(2)12(18)9-8-6-7-17(5,10(9)13(15)19)14-11(8)20-16(3,4)21-14/h6-14,18-19H,1-5H3/t8-,9+,10-,11+,12+,13-,14+,17+/m1/s1. The van der Waals surface area contributed by atoms with Gasteiger partial charge in [-0.1, -0.05) is 32.9 Å². The molecule has 4 heteroatoms. The normalized spacial score (nSPS) is 59.1. The molecule has 118 valence electrons. The van der Waals surface area contributed by atoms with Gasteiger partial charge in [0.15, 0.2) is 5.79 Å². The van der Waals surface area contributed by atoms with E-state index in [4.69, 9.17) is 9.47 Å². The van der Waals surface area contributed by atoms with Gasteiger partial charge in [0.2, 0.25) is 0 Å². The molecule has 4 aliphatic carbocycles. The zero-order valence-corrected chi connectivity index (χ0v) is 13.4. The molecule has 4 nitrogen and oxygen atoms in total. The monoisotopic (exact) mass is 294 g/mol. The number of aliphatic hydroxyl groups is 2. The van der Waals surface area contributed by atoms with Gasteiger partial charge in [0.05, 0.1) is 24.4 Å². The Morgan fingerprint density at radius 2 is 1.62 bits per heavy atom. The van der Waals surface area contributed by atoms with Crippen LogP contribution in [0.2, 0.25) is 0 Å². The van der Waals surface area contributed by atoms with E-state index >= 15 is 0 Å². The third-order valence-electron chi connectivity index (χ3n) is 6.61. The predicted molar refractivity (Wildman–Crippen MR) is 77.3 cm³/mol. The summed E-state index contributed by atoms with van der Waals surface area (Å²) in [4.78, 5) is 0. The van der Waals surface area contributed by atoms with Gasteiger partial charge in [0.25, 0.3) is 0 Å². The van der Waals surface area contributed by atoms with Gasteiger partial charge in [-0.25, -0.2) is 0 Å². The second-order valence-electron chi connectivity index (χ2n) is 8.64. The first-order valence-corrected chi connectivity index (χ1v) is 8.01. The molecule has 2 N–H and O–H groups in total. The van der Waals surface area contributed by atoms with E-state index in [0.717, 1.165) is 0 Å². The van der Waals surface area contributed by atoms with Crippen LogP contribution in [0.25, 0.3) is 0 Å². The second kappa shape index (κ2) is 3.73. The first kappa shape index (κ1) is 14.2. The number of hydrogen-bond donors (Lipinski definition) is 2. The van der Waals surface area contributed by atoms with Crippen molar-refractivity contribution in [2.24, 2.45) is 28.6 Å². The Kier molecular flexibility index (Phi) is 2.52. The van der Waals surface area contributed by atoms with Crippen LogP contribution in [0, 0.1) is 28.6 Å². The molecule has 21 heavy (non-hydrogen) atoms. The minimum Gasteiger partial charge on any atom is -0.392 e. The zero-order chi connectivity index (χ0) is 15.4. The molecule has 3 fully saturated rings. The van der Waals surface area contributed by atoms with Gasteiger partial charge < -0.3 is 19.7 Å².